The molecule has 0 unspecified atom stereocenters. The Kier molecular flexibility index (Phi) is 8.77. The van der Waals surface area contributed by atoms with Crippen LogP contribution in [-0.4, -0.2) is 29.2 Å². The largest absolute Gasteiger partial charge is 0.625 e. The van der Waals surface area contributed by atoms with E-state index in [-0.39, 0.29) is 5.92 Å². The van der Waals surface area contributed by atoms with Crippen molar-refractivity contribution in [2.24, 2.45) is 5.92 Å². The Morgan fingerprint density at radius 2 is 1.18 bits per heavy atom. The second-order valence-electron chi connectivity index (χ2n) is 13.9. The molecular formula is C47H40N4O4. The van der Waals surface area contributed by atoms with Gasteiger partial charge in [-0.1, -0.05) is 111 Å². The van der Waals surface area contributed by atoms with Crippen LogP contribution in [0.5, 0.6) is 11.8 Å². The molecule has 0 fully saturated rings. The van der Waals surface area contributed by atoms with Gasteiger partial charge in [-0.2, -0.15) is 0 Å². The lowest BCUT2D eigenvalue weighted by Gasteiger charge is -2.31. The van der Waals surface area contributed by atoms with E-state index < -0.39 is 12.1 Å². The summed E-state index contributed by atoms with van der Waals surface area (Å²) >= 11 is 0. The lowest BCUT2D eigenvalue weighted by Crippen LogP contribution is -2.38. The number of ether oxygens (including phenoxy) is 4. The highest BCUT2D eigenvalue weighted by Crippen LogP contribution is 2.48. The van der Waals surface area contributed by atoms with Gasteiger partial charge in [0.1, 0.15) is 16.8 Å². The average Bonchev–Trinajstić information content (AvgIpc) is 4.05. The third kappa shape index (κ3) is 5.87. The fourth-order valence-corrected chi connectivity index (χ4v) is 7.73. The maximum atomic E-state index is 7.09. The zero-order valence-corrected chi connectivity index (χ0v) is 31.0. The van der Waals surface area contributed by atoms with Gasteiger partial charge in [0.2, 0.25) is 6.29 Å². The Morgan fingerprint density at radius 3 is 1.76 bits per heavy atom. The van der Waals surface area contributed by atoms with Crippen molar-refractivity contribution in [2.45, 2.75) is 25.9 Å². The maximum absolute atomic E-state index is 7.09. The molecule has 8 heteroatoms. The van der Waals surface area contributed by atoms with Crippen LogP contribution in [0.1, 0.15) is 31.5 Å². The predicted molar refractivity (Wildman–Crippen MR) is 217 cm³/mol. The summed E-state index contributed by atoms with van der Waals surface area (Å²) in [6.45, 7) is 4.19. The molecule has 7 aromatic rings. The van der Waals surface area contributed by atoms with Crippen molar-refractivity contribution in [2.75, 3.05) is 14.2 Å². The number of fused-ring (bicyclic) bond motifs is 8. The lowest BCUT2D eigenvalue weighted by atomic mass is 9.92. The first-order chi connectivity index (χ1) is 27.0. The van der Waals surface area contributed by atoms with E-state index >= 15 is 0 Å². The number of aromatic amines is 2. The number of H-pyrrole nitrogens is 2. The zero-order valence-electron chi connectivity index (χ0n) is 31.0. The van der Waals surface area contributed by atoms with Gasteiger partial charge in [-0.3, -0.25) is 0 Å². The lowest BCUT2D eigenvalue weighted by molar-refractivity contribution is -0.194. The van der Waals surface area contributed by atoms with Crippen molar-refractivity contribution in [1.29, 1.82) is 0 Å². The number of nitrogens with zero attached hydrogens (tertiary/aromatic N) is 2. The summed E-state index contributed by atoms with van der Waals surface area (Å²) in [5, 5.41) is 0. The van der Waals surface area contributed by atoms with Gasteiger partial charge in [0, 0.05) is 72.4 Å². The fraction of sp³-hybridized carbons (Fsp3) is 0.149. The standard InChI is InChI=1S/C47H40N4O4/c1-29(2)47(53-4)43-39(31-19-11-6-12-20-31)35-26-28-36(49-35)40(32-21-13-7-14-22-32)44-50-42(46(52-3)54-44)38(30-17-9-5-10-18-30)34-25-27-37(48-34)41(45(51-43)55-47)33-23-15-8-16-24-33/h5-29,46,48-49H,1-4H3/t46-,47+/m1/s1. The Hall–Kier alpha value is -6.48. The van der Waals surface area contributed by atoms with Gasteiger partial charge in [0.05, 0.1) is 5.52 Å². The summed E-state index contributed by atoms with van der Waals surface area (Å²) < 4.78 is 26.3. The minimum Gasteiger partial charge on any atom is -0.625 e. The van der Waals surface area contributed by atoms with Crippen molar-refractivity contribution in [3.8, 4) is 56.3 Å². The molecule has 272 valence electrons. The van der Waals surface area contributed by atoms with E-state index in [2.05, 4.69) is 96.6 Å². The minimum atomic E-state index is -1.23. The molecule has 2 aliphatic heterocycles. The van der Waals surface area contributed by atoms with Crippen LogP contribution in [-0.2, 0) is 15.3 Å². The molecule has 8 bridgehead atoms. The number of aromatic nitrogens is 4. The Labute approximate surface area is 319 Å². The topological polar surface area (TPSA) is 95.5 Å². The van der Waals surface area contributed by atoms with Crippen LogP contribution in [0.25, 0.3) is 66.6 Å². The van der Waals surface area contributed by atoms with Crippen LogP contribution in [0.3, 0.4) is 0 Å². The summed E-state index contributed by atoms with van der Waals surface area (Å²) in [5.74, 6) is -0.471. The van der Waals surface area contributed by atoms with Gasteiger partial charge in [-0.05, 0) is 52.6 Å². The minimum absolute atomic E-state index is 0.134. The average molecular weight is 725 g/mol. The Balaban J connectivity index is 1.54. The SMILES string of the molecule is CO[C@@H]1Oc2[n-]c1c(-c1ccccc1)c1ccc([nH]1)[c+](-c1ccccc1)c1nc(c(-c3ccccc3)c3ccc([nH]3)c2-c2ccccc2)[C@](OC)(C(C)C)O1. The Morgan fingerprint density at radius 1 is 0.655 bits per heavy atom. The number of hydrogen-bond donors (Lipinski definition) is 2. The highest BCUT2D eigenvalue weighted by Gasteiger charge is 2.48. The summed E-state index contributed by atoms with van der Waals surface area (Å²) in [5.41, 5.74) is 11.7. The maximum Gasteiger partial charge on any atom is 0.273 e. The first-order valence-electron chi connectivity index (χ1n) is 18.4. The molecule has 0 spiro atoms. The normalized spacial score (nSPS) is 16.5. The summed E-state index contributed by atoms with van der Waals surface area (Å²) in [4.78, 5) is 18.3. The second kappa shape index (κ2) is 14.1. The highest BCUT2D eigenvalue weighted by molar-refractivity contribution is 5.93. The molecule has 8 nitrogen and oxygen atoms in total. The van der Waals surface area contributed by atoms with Crippen LogP contribution < -0.4 is 14.5 Å². The van der Waals surface area contributed by atoms with E-state index in [9.17, 15) is 0 Å². The van der Waals surface area contributed by atoms with E-state index in [0.717, 1.165) is 66.6 Å². The molecule has 0 amide bonds. The van der Waals surface area contributed by atoms with Gasteiger partial charge in [-0.25, -0.2) is 4.98 Å². The first kappa shape index (κ1) is 34.3. The van der Waals surface area contributed by atoms with Gasteiger partial charge in [0.15, 0.2) is 5.56 Å². The number of rotatable bonds is 7. The molecule has 0 radical (unpaired) electrons. The van der Waals surface area contributed by atoms with E-state index in [4.69, 9.17) is 28.9 Å². The molecule has 2 N–H and O–H groups in total. The molecule has 2 atom stereocenters. The molecule has 0 saturated carbocycles. The van der Waals surface area contributed by atoms with Crippen LogP contribution in [0.15, 0.2) is 146 Å². The summed E-state index contributed by atoms with van der Waals surface area (Å²) in [7, 11) is 3.34. The van der Waals surface area contributed by atoms with Crippen LogP contribution in [0, 0.1) is 5.92 Å². The highest BCUT2D eigenvalue weighted by atomic mass is 16.7. The third-order valence-corrected chi connectivity index (χ3v) is 10.4. The van der Waals surface area contributed by atoms with Gasteiger partial charge in [-0.15, -0.1) is 0 Å². The molecule has 3 aromatic heterocycles. The van der Waals surface area contributed by atoms with Gasteiger partial charge >= 0.3 is 0 Å². The van der Waals surface area contributed by atoms with Crippen molar-refractivity contribution >= 4 is 22.1 Å². The van der Waals surface area contributed by atoms with Crippen molar-refractivity contribution in [1.82, 2.24) is 19.9 Å². The van der Waals surface area contributed by atoms with Gasteiger partial charge in [0.25, 0.3) is 11.7 Å². The first-order valence-corrected chi connectivity index (χ1v) is 18.4. The summed E-state index contributed by atoms with van der Waals surface area (Å²) in [6.07, 6.45) is -0.780. The van der Waals surface area contributed by atoms with Crippen LogP contribution >= 0.6 is 0 Å². The molecule has 2 aliphatic rings. The fourth-order valence-electron chi connectivity index (χ4n) is 7.73. The molecule has 0 saturated heterocycles. The zero-order chi connectivity index (χ0) is 37.5. The van der Waals surface area contributed by atoms with Crippen molar-refractivity contribution in [3.63, 3.8) is 0 Å². The third-order valence-electron chi connectivity index (χ3n) is 10.4. The van der Waals surface area contributed by atoms with E-state index in [1.807, 2.05) is 72.8 Å². The second-order valence-corrected chi connectivity index (χ2v) is 13.9. The molecular weight excluding hydrogens is 685 g/mol. The van der Waals surface area contributed by atoms with Crippen LogP contribution in [0.2, 0.25) is 0 Å². The number of methoxy groups -OCH3 is 2. The monoisotopic (exact) mass is 724 g/mol. The molecule has 5 heterocycles. The number of hydrogen-bond acceptors (Lipinski definition) is 5. The van der Waals surface area contributed by atoms with Gasteiger partial charge < -0.3 is 33.9 Å². The molecule has 0 aliphatic carbocycles. The Bertz CT molecular complexity index is 2660. The van der Waals surface area contributed by atoms with Crippen molar-refractivity contribution in [3.05, 3.63) is 157 Å². The summed E-state index contributed by atoms with van der Waals surface area (Å²) in [6, 6.07) is 49.1. The van der Waals surface area contributed by atoms with E-state index in [1.165, 1.54) is 0 Å². The van der Waals surface area contributed by atoms with E-state index in [0.29, 0.717) is 23.1 Å². The number of benzene rings is 4. The van der Waals surface area contributed by atoms with Crippen LogP contribution in [0.4, 0.5) is 0 Å². The smallest absolute Gasteiger partial charge is 0.273 e. The van der Waals surface area contributed by atoms with Crippen molar-refractivity contribution < 1.29 is 18.9 Å². The molecule has 9 rings (SSSR count). The quantitative estimate of drug-likeness (QED) is 0.159. The number of nitrogens with one attached hydrogen (secondary N) is 2. The molecule has 4 aromatic carbocycles. The predicted octanol–water partition coefficient (Wildman–Crippen LogP) is 11.1. The van der Waals surface area contributed by atoms with E-state index in [1.54, 1.807) is 14.2 Å². The molecule has 55 heavy (non-hydrogen) atoms.